The van der Waals surface area contributed by atoms with Crippen LogP contribution in [0.1, 0.15) is 43.6 Å². The summed E-state index contributed by atoms with van der Waals surface area (Å²) >= 11 is 0. The van der Waals surface area contributed by atoms with Crippen LogP contribution in [0.3, 0.4) is 0 Å². The molecule has 1 N–H and O–H groups in total. The molecule has 0 saturated heterocycles. The number of benzene rings is 2. The number of aliphatic hydroxyl groups excluding tert-OH is 1. The molecule has 0 amide bonds. The molecule has 0 spiro atoms. The monoisotopic (exact) mass is 328 g/mol. The number of carbonyl (C=O) groups is 1. The van der Waals surface area contributed by atoms with Crippen molar-refractivity contribution in [3.05, 3.63) is 53.6 Å². The van der Waals surface area contributed by atoms with Gasteiger partial charge in [0.1, 0.15) is 11.4 Å². The van der Waals surface area contributed by atoms with Crippen LogP contribution in [0.2, 0.25) is 0 Å². The van der Waals surface area contributed by atoms with E-state index in [-0.39, 0.29) is 12.6 Å². The van der Waals surface area contributed by atoms with Crippen molar-refractivity contribution in [2.45, 2.75) is 39.9 Å². The highest BCUT2D eigenvalue weighted by atomic mass is 16.6. The van der Waals surface area contributed by atoms with Crippen molar-refractivity contribution < 1.29 is 19.4 Å². The average Bonchev–Trinajstić information content (AvgIpc) is 2.54. The highest BCUT2D eigenvalue weighted by Crippen LogP contribution is 2.27. The van der Waals surface area contributed by atoms with E-state index in [9.17, 15) is 9.90 Å². The Kier molecular flexibility index (Phi) is 5.62. The Morgan fingerprint density at radius 1 is 1.04 bits per heavy atom. The number of esters is 1. The molecule has 0 bridgehead atoms. The van der Waals surface area contributed by atoms with Crippen LogP contribution in [-0.2, 0) is 11.3 Å². The largest absolute Gasteiger partial charge is 0.494 e. The minimum atomic E-state index is -0.513. The maximum Gasteiger partial charge on any atom is 0.338 e. The van der Waals surface area contributed by atoms with E-state index in [2.05, 4.69) is 0 Å². The van der Waals surface area contributed by atoms with Gasteiger partial charge < -0.3 is 14.6 Å². The van der Waals surface area contributed by atoms with E-state index in [4.69, 9.17) is 9.47 Å². The molecule has 4 nitrogen and oxygen atoms in total. The smallest absolute Gasteiger partial charge is 0.338 e. The summed E-state index contributed by atoms with van der Waals surface area (Å²) in [5, 5.41) is 9.50. The fraction of sp³-hybridized carbons (Fsp3) is 0.350. The van der Waals surface area contributed by atoms with Gasteiger partial charge in [0.25, 0.3) is 0 Å². The van der Waals surface area contributed by atoms with E-state index in [0.29, 0.717) is 17.9 Å². The minimum absolute atomic E-state index is 0.0842. The van der Waals surface area contributed by atoms with Crippen LogP contribution in [0.4, 0.5) is 0 Å². The van der Waals surface area contributed by atoms with E-state index < -0.39 is 5.60 Å². The summed E-state index contributed by atoms with van der Waals surface area (Å²) in [7, 11) is 0. The Balaban J connectivity index is 2.23. The van der Waals surface area contributed by atoms with Crippen LogP contribution in [0, 0.1) is 0 Å². The molecule has 0 aliphatic carbocycles. The second-order valence-corrected chi connectivity index (χ2v) is 6.49. The van der Waals surface area contributed by atoms with Crippen molar-refractivity contribution >= 4 is 5.97 Å². The van der Waals surface area contributed by atoms with Gasteiger partial charge >= 0.3 is 5.97 Å². The molecule has 0 fully saturated rings. The number of rotatable bonds is 5. The number of carbonyl (C=O) groups excluding carboxylic acids is 1. The first kappa shape index (κ1) is 18.0. The molecule has 24 heavy (non-hydrogen) atoms. The van der Waals surface area contributed by atoms with Crippen molar-refractivity contribution in [3.63, 3.8) is 0 Å². The molecule has 4 heteroatoms. The molecule has 0 heterocycles. The number of aliphatic hydroxyl groups is 1. The van der Waals surface area contributed by atoms with E-state index in [1.54, 1.807) is 12.1 Å². The highest BCUT2D eigenvalue weighted by Gasteiger charge is 2.17. The molecule has 0 atom stereocenters. The fourth-order valence-electron chi connectivity index (χ4n) is 2.31. The summed E-state index contributed by atoms with van der Waals surface area (Å²) in [5.41, 5.74) is 2.66. The predicted octanol–water partition coefficient (Wildman–Crippen LogP) is 4.20. The molecule has 0 aliphatic heterocycles. The third kappa shape index (κ3) is 4.59. The van der Waals surface area contributed by atoms with Crippen molar-refractivity contribution in [1.29, 1.82) is 0 Å². The average molecular weight is 328 g/mol. The van der Waals surface area contributed by atoms with Gasteiger partial charge in [-0.2, -0.15) is 0 Å². The molecular formula is C20H24O4. The molecule has 0 saturated carbocycles. The van der Waals surface area contributed by atoms with Gasteiger partial charge in [0, 0.05) is 5.56 Å². The summed E-state index contributed by atoms with van der Waals surface area (Å²) in [4.78, 5) is 12.1. The van der Waals surface area contributed by atoms with E-state index >= 15 is 0 Å². The van der Waals surface area contributed by atoms with Gasteiger partial charge in [-0.05, 0) is 63.1 Å². The van der Waals surface area contributed by atoms with E-state index in [1.165, 1.54) is 0 Å². The second-order valence-electron chi connectivity index (χ2n) is 6.49. The summed E-state index contributed by atoms with van der Waals surface area (Å²) in [6, 6.07) is 12.9. The minimum Gasteiger partial charge on any atom is -0.494 e. The number of hydrogen-bond donors (Lipinski definition) is 1. The first-order valence-corrected chi connectivity index (χ1v) is 8.04. The van der Waals surface area contributed by atoms with Gasteiger partial charge in [-0.1, -0.05) is 18.2 Å². The molecular weight excluding hydrogens is 304 g/mol. The molecule has 0 aromatic heterocycles. The number of hydrogen-bond acceptors (Lipinski definition) is 4. The van der Waals surface area contributed by atoms with Crippen LogP contribution in [0.15, 0.2) is 42.5 Å². The summed E-state index contributed by atoms with van der Waals surface area (Å²) in [6.07, 6.45) is 0. The van der Waals surface area contributed by atoms with Crippen molar-refractivity contribution in [2.24, 2.45) is 0 Å². The van der Waals surface area contributed by atoms with Crippen LogP contribution in [0.5, 0.6) is 5.75 Å². The normalized spacial score (nSPS) is 11.2. The van der Waals surface area contributed by atoms with Crippen molar-refractivity contribution in [3.8, 4) is 16.9 Å². The Morgan fingerprint density at radius 2 is 1.67 bits per heavy atom. The SMILES string of the molecule is CCOc1ccc(-c2ccc(C(=O)OC(C)(C)C)cc2)cc1CO. The fourth-order valence-corrected chi connectivity index (χ4v) is 2.31. The zero-order valence-corrected chi connectivity index (χ0v) is 14.6. The molecule has 2 aromatic rings. The molecule has 0 aliphatic rings. The second kappa shape index (κ2) is 7.49. The Bertz CT molecular complexity index is 697. The van der Waals surface area contributed by atoms with Gasteiger partial charge in [-0.25, -0.2) is 4.79 Å². The lowest BCUT2D eigenvalue weighted by Crippen LogP contribution is -2.23. The summed E-state index contributed by atoms with van der Waals surface area (Å²) in [5.74, 6) is 0.353. The highest BCUT2D eigenvalue weighted by molar-refractivity contribution is 5.90. The Labute approximate surface area is 143 Å². The van der Waals surface area contributed by atoms with Crippen molar-refractivity contribution in [2.75, 3.05) is 6.61 Å². The topological polar surface area (TPSA) is 55.8 Å². The molecule has 0 radical (unpaired) electrons. The van der Waals surface area contributed by atoms with Crippen LogP contribution in [-0.4, -0.2) is 23.3 Å². The van der Waals surface area contributed by atoms with Crippen LogP contribution in [0.25, 0.3) is 11.1 Å². The van der Waals surface area contributed by atoms with E-state index in [0.717, 1.165) is 16.7 Å². The lowest BCUT2D eigenvalue weighted by atomic mass is 10.0. The summed E-state index contributed by atoms with van der Waals surface area (Å²) in [6.45, 7) is 7.90. The van der Waals surface area contributed by atoms with Crippen LogP contribution < -0.4 is 4.74 Å². The maximum absolute atomic E-state index is 12.1. The van der Waals surface area contributed by atoms with Gasteiger partial charge in [-0.15, -0.1) is 0 Å². The third-order valence-electron chi connectivity index (χ3n) is 3.38. The number of ether oxygens (including phenoxy) is 2. The van der Waals surface area contributed by atoms with Crippen molar-refractivity contribution in [1.82, 2.24) is 0 Å². The molecule has 2 aromatic carbocycles. The quantitative estimate of drug-likeness (QED) is 0.836. The summed E-state index contributed by atoms with van der Waals surface area (Å²) < 4.78 is 10.9. The van der Waals surface area contributed by atoms with E-state index in [1.807, 2.05) is 58.0 Å². The zero-order valence-electron chi connectivity index (χ0n) is 14.6. The lowest BCUT2D eigenvalue weighted by molar-refractivity contribution is 0.00695. The molecule has 128 valence electrons. The predicted molar refractivity (Wildman–Crippen MR) is 94.1 cm³/mol. The van der Waals surface area contributed by atoms with Gasteiger partial charge in [0.2, 0.25) is 0 Å². The lowest BCUT2D eigenvalue weighted by Gasteiger charge is -2.19. The van der Waals surface area contributed by atoms with Crippen LogP contribution >= 0.6 is 0 Å². The third-order valence-corrected chi connectivity index (χ3v) is 3.38. The Hall–Kier alpha value is -2.33. The van der Waals surface area contributed by atoms with Gasteiger partial charge in [-0.3, -0.25) is 0 Å². The molecule has 0 unspecified atom stereocenters. The van der Waals surface area contributed by atoms with Gasteiger partial charge in [0.05, 0.1) is 18.8 Å². The van der Waals surface area contributed by atoms with Gasteiger partial charge in [0.15, 0.2) is 0 Å². The standard InChI is InChI=1S/C20H24O4/c1-5-23-18-11-10-16(12-17(18)13-21)14-6-8-15(9-7-14)19(22)24-20(2,3)4/h6-12,21H,5,13H2,1-4H3. The maximum atomic E-state index is 12.1. The first-order valence-electron chi connectivity index (χ1n) is 8.04. The Morgan fingerprint density at radius 3 is 2.21 bits per heavy atom. The molecule has 2 rings (SSSR count). The first-order chi connectivity index (χ1) is 11.3. The zero-order chi connectivity index (χ0) is 17.7.